The first-order chi connectivity index (χ1) is 10.9. The van der Waals surface area contributed by atoms with Crippen LogP contribution in [0.1, 0.15) is 24.8 Å². The highest BCUT2D eigenvalue weighted by molar-refractivity contribution is 6.32. The molecule has 1 aromatic rings. The van der Waals surface area contributed by atoms with Crippen molar-refractivity contribution in [3.05, 3.63) is 22.8 Å². The summed E-state index contributed by atoms with van der Waals surface area (Å²) in [6.45, 7) is 2.01. The Morgan fingerprint density at radius 2 is 2.09 bits per heavy atom. The fourth-order valence-electron chi connectivity index (χ4n) is 2.28. The minimum Gasteiger partial charge on any atom is -0.368 e. The molecule has 0 aromatic carbocycles. The molecule has 0 radical (unpaired) electrons. The molecule has 23 heavy (non-hydrogen) atoms. The smallest absolute Gasteiger partial charge is 0.368 e. The fourth-order valence-corrected chi connectivity index (χ4v) is 2.52. The zero-order valence-corrected chi connectivity index (χ0v) is 13.1. The molecule has 3 N–H and O–H groups in total. The van der Waals surface area contributed by atoms with Crippen LogP contribution in [0.5, 0.6) is 0 Å². The van der Waals surface area contributed by atoms with E-state index in [1.165, 1.54) is 0 Å². The van der Waals surface area contributed by atoms with Gasteiger partial charge in [-0.3, -0.25) is 4.79 Å². The predicted octanol–water partition coefficient (Wildman–Crippen LogP) is 2.42. The Morgan fingerprint density at radius 1 is 1.39 bits per heavy atom. The van der Waals surface area contributed by atoms with Crippen LogP contribution in [-0.4, -0.2) is 36.6 Å². The SMILES string of the molecule is O=C(CCNc1ncc(C(F)(F)F)cc1Cl)NC1CCNCC1. The minimum absolute atomic E-state index is 0.104. The van der Waals surface area contributed by atoms with Crippen LogP contribution in [0.15, 0.2) is 12.3 Å². The van der Waals surface area contributed by atoms with Crippen molar-refractivity contribution in [2.45, 2.75) is 31.5 Å². The predicted molar refractivity (Wildman–Crippen MR) is 81.4 cm³/mol. The molecule has 2 rings (SSSR count). The summed E-state index contributed by atoms with van der Waals surface area (Å²) in [7, 11) is 0. The number of nitrogens with zero attached hydrogens (tertiary/aromatic N) is 1. The number of piperidine rings is 1. The van der Waals surface area contributed by atoms with Crippen LogP contribution in [0, 0.1) is 0 Å². The number of aromatic nitrogens is 1. The quantitative estimate of drug-likeness (QED) is 0.763. The van der Waals surface area contributed by atoms with Crippen molar-refractivity contribution in [2.75, 3.05) is 25.0 Å². The van der Waals surface area contributed by atoms with Gasteiger partial charge in [-0.15, -0.1) is 0 Å². The van der Waals surface area contributed by atoms with Crippen LogP contribution in [0.4, 0.5) is 19.0 Å². The Labute approximate surface area is 137 Å². The summed E-state index contributed by atoms with van der Waals surface area (Å²) >= 11 is 5.77. The molecule has 9 heteroatoms. The Bertz CT molecular complexity index is 547. The first-order valence-electron chi connectivity index (χ1n) is 7.33. The number of pyridine rings is 1. The number of amides is 1. The van der Waals surface area contributed by atoms with Crippen molar-refractivity contribution < 1.29 is 18.0 Å². The molecule has 0 aliphatic carbocycles. The van der Waals surface area contributed by atoms with Gasteiger partial charge >= 0.3 is 6.18 Å². The summed E-state index contributed by atoms with van der Waals surface area (Å²) in [6.07, 6.45) is -1.78. The third kappa shape index (κ3) is 5.54. The number of nitrogens with one attached hydrogen (secondary N) is 3. The van der Waals surface area contributed by atoms with Gasteiger partial charge in [0.15, 0.2) is 0 Å². The maximum absolute atomic E-state index is 12.5. The summed E-state index contributed by atoms with van der Waals surface area (Å²) in [4.78, 5) is 15.5. The molecule has 1 fully saturated rings. The Balaban J connectivity index is 1.78. The summed E-state index contributed by atoms with van der Waals surface area (Å²) in [5.41, 5.74) is -0.906. The molecule has 1 aromatic heterocycles. The topological polar surface area (TPSA) is 66.0 Å². The fraction of sp³-hybridized carbons (Fsp3) is 0.571. The average Bonchev–Trinajstić information content (AvgIpc) is 2.49. The third-order valence-corrected chi connectivity index (χ3v) is 3.81. The second-order valence-electron chi connectivity index (χ2n) is 5.32. The number of halogens is 4. The van der Waals surface area contributed by atoms with Gasteiger partial charge in [0.25, 0.3) is 0 Å². The molecule has 1 amide bonds. The second-order valence-corrected chi connectivity index (χ2v) is 5.73. The van der Waals surface area contributed by atoms with Crippen molar-refractivity contribution in [1.82, 2.24) is 15.6 Å². The van der Waals surface area contributed by atoms with E-state index in [9.17, 15) is 18.0 Å². The molecular formula is C14H18ClF3N4O. The average molecular weight is 351 g/mol. The molecule has 2 heterocycles. The minimum atomic E-state index is -4.48. The van der Waals surface area contributed by atoms with Crippen LogP contribution in [0.3, 0.4) is 0 Å². The zero-order chi connectivity index (χ0) is 16.9. The monoisotopic (exact) mass is 350 g/mol. The van der Waals surface area contributed by atoms with Crippen LogP contribution in [0.2, 0.25) is 5.02 Å². The van der Waals surface area contributed by atoms with Crippen molar-refractivity contribution in [3.63, 3.8) is 0 Å². The number of carbonyl (C=O) groups is 1. The molecule has 0 unspecified atom stereocenters. The largest absolute Gasteiger partial charge is 0.417 e. The summed E-state index contributed by atoms with van der Waals surface area (Å²) in [6, 6.07) is 0.989. The first-order valence-corrected chi connectivity index (χ1v) is 7.71. The molecule has 1 aliphatic rings. The van der Waals surface area contributed by atoms with Gasteiger partial charge < -0.3 is 16.0 Å². The highest BCUT2D eigenvalue weighted by atomic mass is 35.5. The molecule has 128 valence electrons. The Kier molecular flexibility index (Phi) is 6.06. The van der Waals surface area contributed by atoms with Gasteiger partial charge in [0.05, 0.1) is 10.6 Å². The van der Waals surface area contributed by atoms with E-state index in [-0.39, 0.29) is 35.8 Å². The van der Waals surface area contributed by atoms with Crippen LogP contribution < -0.4 is 16.0 Å². The van der Waals surface area contributed by atoms with Crippen molar-refractivity contribution >= 4 is 23.3 Å². The molecule has 1 aliphatic heterocycles. The number of hydrogen-bond donors (Lipinski definition) is 3. The highest BCUT2D eigenvalue weighted by Gasteiger charge is 2.31. The standard InChI is InChI=1S/C14H18ClF3N4O/c15-11-7-9(14(16,17)18)8-21-13(11)20-6-3-12(23)22-10-1-4-19-5-2-10/h7-8,10,19H,1-6H2,(H,20,21)(H,22,23). The van der Waals surface area contributed by atoms with E-state index >= 15 is 0 Å². The van der Waals surface area contributed by atoms with E-state index in [0.717, 1.165) is 32.0 Å². The lowest BCUT2D eigenvalue weighted by Crippen LogP contribution is -2.43. The maximum Gasteiger partial charge on any atom is 0.417 e. The Hall–Kier alpha value is -1.54. The molecule has 0 saturated carbocycles. The highest BCUT2D eigenvalue weighted by Crippen LogP contribution is 2.32. The molecule has 5 nitrogen and oxygen atoms in total. The van der Waals surface area contributed by atoms with Gasteiger partial charge in [-0.05, 0) is 32.0 Å². The van der Waals surface area contributed by atoms with Gasteiger partial charge in [-0.2, -0.15) is 13.2 Å². The summed E-state index contributed by atoms with van der Waals surface area (Å²) in [5.74, 6) is 0.0294. The van der Waals surface area contributed by atoms with Crippen molar-refractivity contribution in [3.8, 4) is 0 Å². The van der Waals surface area contributed by atoms with Gasteiger partial charge in [-0.25, -0.2) is 4.98 Å². The second kappa shape index (κ2) is 7.83. The van der Waals surface area contributed by atoms with Crippen molar-refractivity contribution in [1.29, 1.82) is 0 Å². The van der Waals surface area contributed by atoms with E-state index in [2.05, 4.69) is 20.9 Å². The van der Waals surface area contributed by atoms with E-state index in [0.29, 0.717) is 6.20 Å². The molecule has 1 saturated heterocycles. The normalized spacial score (nSPS) is 16.2. The summed E-state index contributed by atoms with van der Waals surface area (Å²) < 4.78 is 37.5. The van der Waals surface area contributed by atoms with Gasteiger partial charge in [0.2, 0.25) is 5.91 Å². The van der Waals surface area contributed by atoms with Gasteiger partial charge in [-0.1, -0.05) is 11.6 Å². The number of hydrogen-bond acceptors (Lipinski definition) is 4. The maximum atomic E-state index is 12.5. The number of carbonyl (C=O) groups excluding carboxylic acids is 1. The van der Waals surface area contributed by atoms with E-state index in [1.54, 1.807) is 0 Å². The van der Waals surface area contributed by atoms with Gasteiger partial charge in [0.1, 0.15) is 5.82 Å². The van der Waals surface area contributed by atoms with Crippen LogP contribution in [0.25, 0.3) is 0 Å². The lowest BCUT2D eigenvalue weighted by atomic mass is 10.1. The van der Waals surface area contributed by atoms with Gasteiger partial charge in [0, 0.05) is 25.2 Å². The lowest BCUT2D eigenvalue weighted by molar-refractivity contribution is -0.137. The third-order valence-electron chi connectivity index (χ3n) is 3.52. The molecule has 0 atom stereocenters. The number of alkyl halides is 3. The van der Waals surface area contributed by atoms with Crippen LogP contribution >= 0.6 is 11.6 Å². The lowest BCUT2D eigenvalue weighted by Gasteiger charge is -2.23. The van der Waals surface area contributed by atoms with Crippen molar-refractivity contribution in [2.24, 2.45) is 0 Å². The van der Waals surface area contributed by atoms with E-state index in [4.69, 9.17) is 11.6 Å². The zero-order valence-electron chi connectivity index (χ0n) is 12.3. The Morgan fingerprint density at radius 3 is 2.70 bits per heavy atom. The molecule has 0 spiro atoms. The number of rotatable bonds is 5. The summed E-state index contributed by atoms with van der Waals surface area (Å²) in [5, 5.41) is 8.78. The van der Waals surface area contributed by atoms with E-state index in [1.807, 2.05) is 0 Å². The first kappa shape index (κ1) is 17.8. The number of anilines is 1. The van der Waals surface area contributed by atoms with E-state index < -0.39 is 11.7 Å². The molecular weight excluding hydrogens is 333 g/mol. The molecule has 0 bridgehead atoms. The van der Waals surface area contributed by atoms with Crippen LogP contribution in [-0.2, 0) is 11.0 Å².